The molecule has 0 unspecified atom stereocenters. The number of piperidine rings is 1. The van der Waals surface area contributed by atoms with Crippen LogP contribution in [0, 0.1) is 15.9 Å². The SMILES string of the molecule is O=C(c1ccc([N+](=O)[O-])cc1F)N1CCCC[C@@H]1c1nccs1. The molecule has 0 N–H and O–H groups in total. The summed E-state index contributed by atoms with van der Waals surface area (Å²) in [6.07, 6.45) is 4.30. The number of benzene rings is 1. The predicted molar refractivity (Wildman–Crippen MR) is 82.8 cm³/mol. The van der Waals surface area contributed by atoms with E-state index >= 15 is 0 Å². The van der Waals surface area contributed by atoms with E-state index in [9.17, 15) is 19.3 Å². The lowest BCUT2D eigenvalue weighted by Gasteiger charge is -2.34. The van der Waals surface area contributed by atoms with Crippen LogP contribution < -0.4 is 0 Å². The van der Waals surface area contributed by atoms with E-state index in [0.29, 0.717) is 6.54 Å². The molecule has 8 heteroatoms. The number of aromatic nitrogens is 1. The number of halogens is 1. The maximum absolute atomic E-state index is 14.1. The van der Waals surface area contributed by atoms with Gasteiger partial charge in [-0.3, -0.25) is 14.9 Å². The predicted octanol–water partition coefficient (Wildman–Crippen LogP) is 3.56. The molecule has 1 saturated heterocycles. The van der Waals surface area contributed by atoms with Crippen molar-refractivity contribution in [3.8, 4) is 0 Å². The van der Waals surface area contributed by atoms with Crippen LogP contribution in [0.4, 0.5) is 10.1 Å². The largest absolute Gasteiger partial charge is 0.329 e. The van der Waals surface area contributed by atoms with Gasteiger partial charge in [-0.15, -0.1) is 11.3 Å². The molecule has 6 nitrogen and oxygen atoms in total. The minimum absolute atomic E-state index is 0.140. The van der Waals surface area contributed by atoms with E-state index in [1.807, 2.05) is 5.38 Å². The van der Waals surface area contributed by atoms with E-state index in [1.54, 1.807) is 11.1 Å². The molecule has 0 spiro atoms. The van der Waals surface area contributed by atoms with Crippen LogP contribution in [-0.2, 0) is 0 Å². The lowest BCUT2D eigenvalue weighted by molar-refractivity contribution is -0.385. The molecule has 1 aromatic carbocycles. The number of amides is 1. The van der Waals surface area contributed by atoms with Gasteiger partial charge in [0.2, 0.25) is 0 Å². The van der Waals surface area contributed by atoms with Gasteiger partial charge >= 0.3 is 0 Å². The van der Waals surface area contributed by atoms with E-state index in [4.69, 9.17) is 0 Å². The molecule has 1 fully saturated rings. The van der Waals surface area contributed by atoms with Crippen LogP contribution in [0.15, 0.2) is 29.8 Å². The fourth-order valence-corrected chi connectivity index (χ4v) is 3.56. The third kappa shape index (κ3) is 3.07. The van der Waals surface area contributed by atoms with Crippen LogP contribution in [0.5, 0.6) is 0 Å². The maximum Gasteiger partial charge on any atom is 0.272 e. The number of likely N-dealkylation sites (tertiary alicyclic amines) is 1. The second kappa shape index (κ2) is 6.41. The molecular formula is C15H14FN3O3S. The van der Waals surface area contributed by atoms with E-state index in [2.05, 4.69) is 4.98 Å². The number of nitrogens with zero attached hydrogens (tertiary/aromatic N) is 3. The van der Waals surface area contributed by atoms with Crippen LogP contribution >= 0.6 is 11.3 Å². The normalized spacial score (nSPS) is 18.0. The Kier molecular flexibility index (Phi) is 4.33. The summed E-state index contributed by atoms with van der Waals surface area (Å²) in [5.74, 6) is -1.31. The lowest BCUT2D eigenvalue weighted by atomic mass is 10.0. The topological polar surface area (TPSA) is 76.3 Å². The molecule has 3 rings (SSSR count). The van der Waals surface area contributed by atoms with Crippen LogP contribution in [0.3, 0.4) is 0 Å². The molecule has 2 heterocycles. The van der Waals surface area contributed by atoms with Crippen molar-refractivity contribution in [1.82, 2.24) is 9.88 Å². The van der Waals surface area contributed by atoms with Crippen molar-refractivity contribution in [1.29, 1.82) is 0 Å². The molecule has 120 valence electrons. The first-order valence-corrected chi connectivity index (χ1v) is 8.10. The summed E-state index contributed by atoms with van der Waals surface area (Å²) in [4.78, 5) is 28.6. The standard InChI is InChI=1S/C15H14FN3O3S/c16-12-9-10(19(21)22)4-5-11(12)15(20)18-7-2-1-3-13(18)14-17-6-8-23-14/h4-6,8-9,13H,1-3,7H2/t13-/m1/s1. The van der Waals surface area contributed by atoms with Gasteiger partial charge in [0.1, 0.15) is 10.8 Å². The zero-order valence-corrected chi connectivity index (χ0v) is 13.0. The second-order valence-corrected chi connectivity index (χ2v) is 6.23. The van der Waals surface area contributed by atoms with Crippen molar-refractivity contribution in [3.63, 3.8) is 0 Å². The van der Waals surface area contributed by atoms with Crippen LogP contribution in [0.1, 0.15) is 40.7 Å². The third-order valence-corrected chi connectivity index (χ3v) is 4.77. The molecule has 0 aliphatic carbocycles. The summed E-state index contributed by atoms with van der Waals surface area (Å²) in [5.41, 5.74) is -0.506. The highest BCUT2D eigenvalue weighted by Crippen LogP contribution is 2.33. The van der Waals surface area contributed by atoms with Gasteiger partial charge < -0.3 is 4.90 Å². The Morgan fingerprint density at radius 1 is 1.43 bits per heavy atom. The van der Waals surface area contributed by atoms with Crippen molar-refractivity contribution in [3.05, 3.63) is 56.3 Å². The van der Waals surface area contributed by atoms with Gasteiger partial charge in [-0.25, -0.2) is 9.37 Å². The molecule has 1 aliphatic heterocycles. The second-order valence-electron chi connectivity index (χ2n) is 5.30. The van der Waals surface area contributed by atoms with Crippen molar-refractivity contribution < 1.29 is 14.1 Å². The number of hydrogen-bond donors (Lipinski definition) is 0. The molecule has 0 radical (unpaired) electrons. The van der Waals surface area contributed by atoms with E-state index in [-0.39, 0.29) is 17.3 Å². The maximum atomic E-state index is 14.1. The van der Waals surface area contributed by atoms with Gasteiger partial charge in [0.25, 0.3) is 11.6 Å². The Bertz CT molecular complexity index is 736. The number of carbonyl (C=O) groups is 1. The van der Waals surface area contributed by atoms with Crippen molar-refractivity contribution in [2.75, 3.05) is 6.54 Å². The van der Waals surface area contributed by atoms with Crippen LogP contribution in [-0.4, -0.2) is 27.3 Å². The Morgan fingerprint density at radius 2 is 2.26 bits per heavy atom. The van der Waals surface area contributed by atoms with Gasteiger partial charge in [0.05, 0.1) is 22.6 Å². The molecule has 0 saturated carbocycles. The molecular weight excluding hydrogens is 321 g/mol. The zero-order valence-electron chi connectivity index (χ0n) is 12.1. The lowest BCUT2D eigenvalue weighted by Crippen LogP contribution is -2.38. The molecule has 0 bridgehead atoms. The minimum atomic E-state index is -0.868. The Balaban J connectivity index is 1.90. The summed E-state index contributed by atoms with van der Waals surface area (Å²) >= 11 is 1.47. The van der Waals surface area contributed by atoms with Crippen molar-refractivity contribution in [2.24, 2.45) is 0 Å². The highest BCUT2D eigenvalue weighted by atomic mass is 32.1. The highest BCUT2D eigenvalue weighted by molar-refractivity contribution is 7.09. The van der Waals surface area contributed by atoms with Crippen LogP contribution in [0.25, 0.3) is 0 Å². The average molecular weight is 335 g/mol. The Labute approximate surface area is 135 Å². The molecule has 1 aliphatic rings. The van der Waals surface area contributed by atoms with Gasteiger partial charge in [-0.05, 0) is 25.3 Å². The van der Waals surface area contributed by atoms with Crippen molar-refractivity contribution >= 4 is 22.9 Å². The van der Waals surface area contributed by atoms with Gasteiger partial charge in [0.15, 0.2) is 0 Å². The molecule has 23 heavy (non-hydrogen) atoms. The Morgan fingerprint density at radius 3 is 2.91 bits per heavy atom. The summed E-state index contributed by atoms with van der Waals surface area (Å²) in [7, 11) is 0. The quantitative estimate of drug-likeness (QED) is 0.635. The van der Waals surface area contributed by atoms with E-state index < -0.39 is 16.6 Å². The van der Waals surface area contributed by atoms with E-state index in [1.165, 1.54) is 17.4 Å². The number of non-ortho nitro benzene ring substituents is 1. The van der Waals surface area contributed by atoms with Crippen molar-refractivity contribution in [2.45, 2.75) is 25.3 Å². The van der Waals surface area contributed by atoms with Gasteiger partial charge in [-0.2, -0.15) is 0 Å². The first kappa shape index (κ1) is 15.5. The fourth-order valence-electron chi connectivity index (χ4n) is 2.78. The molecule has 1 atom stereocenters. The number of hydrogen-bond acceptors (Lipinski definition) is 5. The minimum Gasteiger partial charge on any atom is -0.329 e. The van der Waals surface area contributed by atoms with E-state index in [0.717, 1.165) is 36.4 Å². The van der Waals surface area contributed by atoms with Gasteiger partial charge in [0, 0.05) is 24.2 Å². The first-order valence-electron chi connectivity index (χ1n) is 7.22. The number of carbonyl (C=O) groups excluding carboxylic acids is 1. The number of nitro benzene ring substituents is 1. The number of thiazole rings is 1. The highest BCUT2D eigenvalue weighted by Gasteiger charge is 2.31. The summed E-state index contributed by atoms with van der Waals surface area (Å²) in [6, 6.07) is 2.96. The number of rotatable bonds is 3. The number of nitro groups is 1. The molecule has 2 aromatic rings. The monoisotopic (exact) mass is 335 g/mol. The van der Waals surface area contributed by atoms with Gasteiger partial charge in [-0.1, -0.05) is 0 Å². The average Bonchev–Trinajstić information content (AvgIpc) is 3.08. The molecule has 1 aromatic heterocycles. The smallest absolute Gasteiger partial charge is 0.272 e. The third-order valence-electron chi connectivity index (χ3n) is 3.89. The zero-order chi connectivity index (χ0) is 16.4. The summed E-state index contributed by atoms with van der Waals surface area (Å²) < 4.78 is 14.1. The fraction of sp³-hybridized carbons (Fsp3) is 0.333. The molecule has 1 amide bonds. The summed E-state index contributed by atoms with van der Waals surface area (Å²) in [6.45, 7) is 0.527. The Hall–Kier alpha value is -2.35. The van der Waals surface area contributed by atoms with Crippen LogP contribution in [0.2, 0.25) is 0 Å². The summed E-state index contributed by atoms with van der Waals surface area (Å²) in [5, 5.41) is 13.4. The first-order chi connectivity index (χ1) is 11.1.